The van der Waals surface area contributed by atoms with Crippen LogP contribution in [0.4, 0.5) is 0 Å². The predicted octanol–water partition coefficient (Wildman–Crippen LogP) is 2.12. The molecule has 1 radical (unpaired) electrons. The smallest absolute Gasteiger partial charge is 0.0476 e. The zero-order valence-corrected chi connectivity index (χ0v) is 7.16. The summed E-state index contributed by atoms with van der Waals surface area (Å²) in [6.45, 7) is 5.75. The molecule has 1 aliphatic heterocycles. The Morgan fingerprint density at radius 2 is 2.10 bits per heavy atom. The Bertz CT molecular complexity index is 79.3. The zero-order chi connectivity index (χ0) is 7.23. The zero-order valence-electron chi connectivity index (χ0n) is 6.34. The van der Waals surface area contributed by atoms with E-state index in [-0.39, 0.29) is 0 Å². The molecule has 0 N–H and O–H groups in total. The summed E-state index contributed by atoms with van der Waals surface area (Å²) in [7, 11) is 0. The summed E-state index contributed by atoms with van der Waals surface area (Å²) in [5.74, 6) is 1.21. The predicted molar refractivity (Wildman–Crippen MR) is 46.3 cm³/mol. The van der Waals surface area contributed by atoms with Crippen molar-refractivity contribution in [1.29, 1.82) is 0 Å². The van der Waals surface area contributed by atoms with Crippen molar-refractivity contribution < 1.29 is 4.74 Å². The molecule has 0 aliphatic carbocycles. The van der Waals surface area contributed by atoms with Crippen LogP contribution in [0.2, 0.25) is 0 Å². The molecular formula is C8H15OS. The van der Waals surface area contributed by atoms with Crippen LogP contribution in [-0.2, 0) is 4.74 Å². The summed E-state index contributed by atoms with van der Waals surface area (Å²) < 4.78 is 5.25. The van der Waals surface area contributed by atoms with Gasteiger partial charge in [0.25, 0.3) is 0 Å². The molecule has 0 amide bonds. The number of hydrogen-bond acceptors (Lipinski definition) is 2. The van der Waals surface area contributed by atoms with E-state index in [1.807, 2.05) is 0 Å². The van der Waals surface area contributed by atoms with Gasteiger partial charge in [0.05, 0.1) is 0 Å². The molecule has 1 fully saturated rings. The van der Waals surface area contributed by atoms with E-state index in [2.05, 4.69) is 18.7 Å². The maximum atomic E-state index is 5.25. The minimum Gasteiger partial charge on any atom is -0.381 e. The Balaban J connectivity index is 2.02. The van der Waals surface area contributed by atoms with Crippen LogP contribution in [0.3, 0.4) is 0 Å². The van der Waals surface area contributed by atoms with Crippen LogP contribution < -0.4 is 0 Å². The largest absolute Gasteiger partial charge is 0.381 e. The first-order valence-corrected chi connectivity index (χ1v) is 4.97. The van der Waals surface area contributed by atoms with E-state index in [1.165, 1.54) is 18.6 Å². The van der Waals surface area contributed by atoms with Crippen LogP contribution in [0, 0.1) is 6.92 Å². The van der Waals surface area contributed by atoms with Crippen LogP contribution in [0.15, 0.2) is 0 Å². The first-order valence-electron chi connectivity index (χ1n) is 3.92. The van der Waals surface area contributed by atoms with Gasteiger partial charge in [0.15, 0.2) is 0 Å². The molecule has 1 heterocycles. The van der Waals surface area contributed by atoms with E-state index in [0.29, 0.717) is 0 Å². The van der Waals surface area contributed by atoms with Crippen molar-refractivity contribution >= 4 is 11.8 Å². The lowest BCUT2D eigenvalue weighted by molar-refractivity contribution is 0.100. The Labute approximate surface area is 67.5 Å². The summed E-state index contributed by atoms with van der Waals surface area (Å²) in [4.78, 5) is 0. The summed E-state index contributed by atoms with van der Waals surface area (Å²) in [5, 5.41) is 0.857. The van der Waals surface area contributed by atoms with E-state index in [4.69, 9.17) is 4.74 Å². The molecule has 1 nitrogen and oxygen atoms in total. The van der Waals surface area contributed by atoms with Gasteiger partial charge in [0.2, 0.25) is 0 Å². The van der Waals surface area contributed by atoms with Crippen LogP contribution >= 0.6 is 11.8 Å². The molecule has 0 aromatic carbocycles. The van der Waals surface area contributed by atoms with Crippen molar-refractivity contribution in [1.82, 2.24) is 0 Å². The molecule has 10 heavy (non-hydrogen) atoms. The van der Waals surface area contributed by atoms with Crippen LogP contribution in [0.5, 0.6) is 0 Å². The van der Waals surface area contributed by atoms with E-state index in [1.54, 1.807) is 0 Å². The van der Waals surface area contributed by atoms with Gasteiger partial charge in [-0.1, -0.05) is 6.92 Å². The summed E-state index contributed by atoms with van der Waals surface area (Å²) in [5.41, 5.74) is 0. The summed E-state index contributed by atoms with van der Waals surface area (Å²) in [6, 6.07) is 0. The number of rotatable bonds is 3. The van der Waals surface area contributed by atoms with Crippen molar-refractivity contribution in [2.45, 2.75) is 24.5 Å². The van der Waals surface area contributed by atoms with Gasteiger partial charge in [0.1, 0.15) is 0 Å². The fourth-order valence-electron chi connectivity index (χ4n) is 1.09. The van der Waals surface area contributed by atoms with Gasteiger partial charge >= 0.3 is 0 Å². The SMILES string of the molecule is [CH2]CCSC1CCOCC1. The highest BCUT2D eigenvalue weighted by atomic mass is 32.2. The van der Waals surface area contributed by atoms with Gasteiger partial charge in [-0.3, -0.25) is 0 Å². The molecule has 0 unspecified atom stereocenters. The Morgan fingerprint density at radius 1 is 1.40 bits per heavy atom. The van der Waals surface area contributed by atoms with Gasteiger partial charge in [0, 0.05) is 18.5 Å². The van der Waals surface area contributed by atoms with Gasteiger partial charge < -0.3 is 4.74 Å². The fourth-order valence-corrected chi connectivity index (χ4v) is 2.12. The summed E-state index contributed by atoms with van der Waals surface area (Å²) in [6.07, 6.45) is 3.54. The standard InChI is InChI=1S/C8H15OS/c1-2-7-10-8-3-5-9-6-4-8/h8H,1-7H2. The van der Waals surface area contributed by atoms with Crippen molar-refractivity contribution in [3.05, 3.63) is 6.92 Å². The lowest BCUT2D eigenvalue weighted by Crippen LogP contribution is -2.17. The molecule has 0 bridgehead atoms. The molecule has 1 aliphatic rings. The average Bonchev–Trinajstić information content (AvgIpc) is 2.03. The summed E-state index contributed by atoms with van der Waals surface area (Å²) >= 11 is 2.05. The molecule has 0 aromatic heterocycles. The van der Waals surface area contributed by atoms with E-state index in [9.17, 15) is 0 Å². The first kappa shape index (κ1) is 8.41. The maximum absolute atomic E-state index is 5.25. The molecule has 59 valence electrons. The Morgan fingerprint density at radius 3 is 2.70 bits per heavy atom. The second-order valence-electron chi connectivity index (χ2n) is 2.54. The van der Waals surface area contributed by atoms with E-state index < -0.39 is 0 Å². The number of thioether (sulfide) groups is 1. The van der Waals surface area contributed by atoms with Crippen LogP contribution in [0.25, 0.3) is 0 Å². The Kier molecular flexibility index (Phi) is 4.23. The average molecular weight is 159 g/mol. The highest BCUT2D eigenvalue weighted by Gasteiger charge is 2.12. The second-order valence-corrected chi connectivity index (χ2v) is 3.94. The number of ether oxygens (including phenoxy) is 1. The van der Waals surface area contributed by atoms with Crippen LogP contribution in [0.1, 0.15) is 19.3 Å². The Hall–Kier alpha value is 0.310. The van der Waals surface area contributed by atoms with Crippen molar-refractivity contribution in [3.8, 4) is 0 Å². The first-order chi connectivity index (χ1) is 4.93. The number of hydrogen-bond donors (Lipinski definition) is 0. The third kappa shape index (κ3) is 2.93. The van der Waals surface area contributed by atoms with Crippen molar-refractivity contribution in [2.75, 3.05) is 19.0 Å². The molecule has 1 saturated heterocycles. The van der Waals surface area contributed by atoms with E-state index in [0.717, 1.165) is 24.9 Å². The molecule has 0 saturated carbocycles. The molecule has 0 spiro atoms. The molecule has 0 aromatic rings. The second kappa shape index (κ2) is 5.03. The molecule has 2 heteroatoms. The fraction of sp³-hybridized carbons (Fsp3) is 0.875. The third-order valence-electron chi connectivity index (χ3n) is 1.67. The normalized spacial score (nSPS) is 21.3. The quantitative estimate of drug-likeness (QED) is 0.624. The van der Waals surface area contributed by atoms with Crippen molar-refractivity contribution in [2.24, 2.45) is 0 Å². The highest BCUT2D eigenvalue weighted by Crippen LogP contribution is 2.21. The van der Waals surface area contributed by atoms with E-state index >= 15 is 0 Å². The van der Waals surface area contributed by atoms with Gasteiger partial charge in [-0.05, 0) is 25.0 Å². The van der Waals surface area contributed by atoms with Gasteiger partial charge in [-0.15, -0.1) is 0 Å². The minimum absolute atomic E-state index is 0.857. The van der Waals surface area contributed by atoms with Gasteiger partial charge in [-0.25, -0.2) is 0 Å². The maximum Gasteiger partial charge on any atom is 0.0476 e. The monoisotopic (exact) mass is 159 g/mol. The van der Waals surface area contributed by atoms with Crippen molar-refractivity contribution in [3.63, 3.8) is 0 Å². The third-order valence-corrected chi connectivity index (χ3v) is 3.13. The topological polar surface area (TPSA) is 9.23 Å². The molecular weight excluding hydrogens is 144 g/mol. The molecule has 1 rings (SSSR count). The highest BCUT2D eigenvalue weighted by molar-refractivity contribution is 7.99. The lowest BCUT2D eigenvalue weighted by Gasteiger charge is -2.20. The van der Waals surface area contributed by atoms with Gasteiger partial charge in [-0.2, -0.15) is 11.8 Å². The lowest BCUT2D eigenvalue weighted by atomic mass is 10.2. The molecule has 0 atom stereocenters. The van der Waals surface area contributed by atoms with Crippen LogP contribution in [-0.4, -0.2) is 24.2 Å². The minimum atomic E-state index is 0.857.